The lowest BCUT2D eigenvalue weighted by molar-refractivity contribution is 0.589. The molecule has 5 heteroatoms. The van der Waals surface area contributed by atoms with Gasteiger partial charge in [0, 0.05) is 18.8 Å². The number of anilines is 1. The summed E-state index contributed by atoms with van der Waals surface area (Å²) in [5, 5.41) is 3.20. The third kappa shape index (κ3) is 4.20. The maximum absolute atomic E-state index is 10.8. The van der Waals surface area contributed by atoms with Crippen molar-refractivity contribution in [3.05, 3.63) is 29.3 Å². The summed E-state index contributed by atoms with van der Waals surface area (Å²) in [6.45, 7) is 5.07. The van der Waals surface area contributed by atoms with Gasteiger partial charge in [-0.3, -0.25) is 0 Å². The van der Waals surface area contributed by atoms with Crippen LogP contribution in [-0.2, 0) is 10.0 Å². The maximum atomic E-state index is 10.8. The highest BCUT2D eigenvalue weighted by Crippen LogP contribution is 2.17. The van der Waals surface area contributed by atoms with Gasteiger partial charge in [0.15, 0.2) is 0 Å². The number of nitrogens with one attached hydrogen (secondary N) is 2. The van der Waals surface area contributed by atoms with E-state index < -0.39 is 10.0 Å². The normalized spacial score (nSPS) is 11.4. The molecule has 0 spiro atoms. The Morgan fingerprint density at radius 1 is 1.19 bits per heavy atom. The number of sulfonamides is 1. The second-order valence-electron chi connectivity index (χ2n) is 3.84. The second kappa shape index (κ2) is 5.32. The van der Waals surface area contributed by atoms with Crippen molar-refractivity contribution in [1.29, 1.82) is 0 Å². The van der Waals surface area contributed by atoms with Gasteiger partial charge in [0.2, 0.25) is 10.0 Å². The van der Waals surface area contributed by atoms with Gasteiger partial charge in [0.1, 0.15) is 0 Å². The number of aryl methyl sites for hydroxylation is 1. The summed E-state index contributed by atoms with van der Waals surface area (Å²) in [6.07, 6.45) is 1.16. The molecule has 1 rings (SSSR count). The molecule has 90 valence electrons. The summed E-state index contributed by atoms with van der Waals surface area (Å²) in [5.41, 5.74) is 3.47. The van der Waals surface area contributed by atoms with Gasteiger partial charge in [0.25, 0.3) is 0 Å². The van der Waals surface area contributed by atoms with Crippen molar-refractivity contribution in [2.75, 3.05) is 24.7 Å². The first-order valence-electron chi connectivity index (χ1n) is 5.15. The fourth-order valence-electron chi connectivity index (χ4n) is 1.38. The summed E-state index contributed by atoms with van der Waals surface area (Å²) < 4.78 is 24.1. The number of hydrogen-bond acceptors (Lipinski definition) is 3. The molecule has 0 bridgehead atoms. The Bertz CT molecular complexity index is 455. The molecule has 2 N–H and O–H groups in total. The lowest BCUT2D eigenvalue weighted by atomic mass is 10.1. The fourth-order valence-corrected chi connectivity index (χ4v) is 1.85. The molecule has 0 atom stereocenters. The van der Waals surface area contributed by atoms with Crippen LogP contribution in [-0.4, -0.2) is 27.8 Å². The number of benzene rings is 1. The standard InChI is InChI=1S/C11H18N2O2S/c1-9-5-4-6-11(10(9)2)12-7-8-13-16(3,14)15/h4-6,12-13H,7-8H2,1-3H3. The molecule has 0 aliphatic rings. The molecule has 0 aliphatic heterocycles. The van der Waals surface area contributed by atoms with Crippen LogP contribution in [0.25, 0.3) is 0 Å². The highest BCUT2D eigenvalue weighted by atomic mass is 32.2. The van der Waals surface area contributed by atoms with Crippen molar-refractivity contribution in [2.45, 2.75) is 13.8 Å². The van der Waals surface area contributed by atoms with Crippen molar-refractivity contribution >= 4 is 15.7 Å². The Hall–Kier alpha value is -1.07. The van der Waals surface area contributed by atoms with Crippen molar-refractivity contribution < 1.29 is 8.42 Å². The smallest absolute Gasteiger partial charge is 0.208 e. The van der Waals surface area contributed by atoms with E-state index in [1.807, 2.05) is 19.1 Å². The van der Waals surface area contributed by atoms with Crippen LogP contribution in [0.5, 0.6) is 0 Å². The highest BCUT2D eigenvalue weighted by molar-refractivity contribution is 7.88. The third-order valence-electron chi connectivity index (χ3n) is 2.41. The molecule has 0 aliphatic carbocycles. The molecule has 0 saturated heterocycles. The summed E-state index contributed by atoms with van der Waals surface area (Å²) in [7, 11) is -3.09. The monoisotopic (exact) mass is 242 g/mol. The van der Waals surface area contributed by atoms with Gasteiger partial charge >= 0.3 is 0 Å². The molecule has 0 unspecified atom stereocenters. The van der Waals surface area contributed by atoms with Gasteiger partial charge in [-0.25, -0.2) is 13.1 Å². The predicted molar refractivity (Wildman–Crippen MR) is 67.3 cm³/mol. The van der Waals surface area contributed by atoms with Gasteiger partial charge in [-0.2, -0.15) is 0 Å². The largest absolute Gasteiger partial charge is 0.384 e. The van der Waals surface area contributed by atoms with E-state index in [1.54, 1.807) is 0 Å². The fraction of sp³-hybridized carbons (Fsp3) is 0.455. The van der Waals surface area contributed by atoms with Crippen LogP contribution in [0.15, 0.2) is 18.2 Å². The van der Waals surface area contributed by atoms with Crippen molar-refractivity contribution in [2.24, 2.45) is 0 Å². The van der Waals surface area contributed by atoms with Gasteiger partial charge in [-0.05, 0) is 31.0 Å². The molecule has 0 heterocycles. The lowest BCUT2D eigenvalue weighted by Gasteiger charge is -2.11. The minimum Gasteiger partial charge on any atom is -0.384 e. The van der Waals surface area contributed by atoms with Crippen LogP contribution in [0.4, 0.5) is 5.69 Å². The molecule has 0 fully saturated rings. The first-order valence-corrected chi connectivity index (χ1v) is 7.04. The minimum absolute atomic E-state index is 0.395. The average Bonchev–Trinajstić information content (AvgIpc) is 2.17. The van der Waals surface area contributed by atoms with Crippen molar-refractivity contribution in [3.63, 3.8) is 0 Å². The third-order valence-corrected chi connectivity index (χ3v) is 3.14. The van der Waals surface area contributed by atoms with E-state index in [2.05, 4.69) is 23.0 Å². The molecule has 0 radical (unpaired) electrons. The first kappa shape index (κ1) is 13.0. The van der Waals surface area contributed by atoms with Crippen LogP contribution in [0.3, 0.4) is 0 Å². The molecule has 0 aromatic heterocycles. The van der Waals surface area contributed by atoms with E-state index in [9.17, 15) is 8.42 Å². The van der Waals surface area contributed by atoms with E-state index in [4.69, 9.17) is 0 Å². The molecule has 1 aromatic carbocycles. The first-order chi connectivity index (χ1) is 7.40. The van der Waals surface area contributed by atoms with E-state index in [0.29, 0.717) is 13.1 Å². The Kier molecular flexibility index (Phi) is 4.32. The van der Waals surface area contributed by atoms with Crippen molar-refractivity contribution in [3.8, 4) is 0 Å². The average molecular weight is 242 g/mol. The van der Waals surface area contributed by atoms with E-state index in [1.165, 1.54) is 11.1 Å². The zero-order chi connectivity index (χ0) is 12.2. The van der Waals surface area contributed by atoms with Crippen molar-refractivity contribution in [1.82, 2.24) is 4.72 Å². The Morgan fingerprint density at radius 2 is 1.88 bits per heavy atom. The number of hydrogen-bond donors (Lipinski definition) is 2. The second-order valence-corrected chi connectivity index (χ2v) is 5.67. The molecule has 16 heavy (non-hydrogen) atoms. The van der Waals surface area contributed by atoms with Gasteiger partial charge < -0.3 is 5.32 Å². The highest BCUT2D eigenvalue weighted by Gasteiger charge is 2.01. The predicted octanol–water partition coefficient (Wildman–Crippen LogP) is 1.26. The Balaban J connectivity index is 2.47. The van der Waals surface area contributed by atoms with E-state index >= 15 is 0 Å². The Labute approximate surface area is 97.1 Å². The van der Waals surface area contributed by atoms with E-state index in [0.717, 1.165) is 11.9 Å². The maximum Gasteiger partial charge on any atom is 0.208 e. The molecule has 4 nitrogen and oxygen atoms in total. The molecular formula is C11H18N2O2S. The lowest BCUT2D eigenvalue weighted by Crippen LogP contribution is -2.27. The van der Waals surface area contributed by atoms with Crippen LogP contribution < -0.4 is 10.0 Å². The quantitative estimate of drug-likeness (QED) is 0.764. The van der Waals surface area contributed by atoms with E-state index in [-0.39, 0.29) is 0 Å². The zero-order valence-electron chi connectivity index (χ0n) is 9.87. The van der Waals surface area contributed by atoms with Crippen LogP contribution >= 0.6 is 0 Å². The Morgan fingerprint density at radius 3 is 2.50 bits per heavy atom. The topological polar surface area (TPSA) is 58.2 Å². The van der Waals surface area contributed by atoms with Gasteiger partial charge in [-0.1, -0.05) is 12.1 Å². The zero-order valence-corrected chi connectivity index (χ0v) is 10.7. The van der Waals surface area contributed by atoms with Gasteiger partial charge in [0.05, 0.1) is 6.26 Å². The molecule has 0 amide bonds. The molecule has 1 aromatic rings. The molecule has 0 saturated carbocycles. The summed E-state index contributed by atoms with van der Waals surface area (Å²) >= 11 is 0. The van der Waals surface area contributed by atoms with Crippen LogP contribution in [0.1, 0.15) is 11.1 Å². The minimum atomic E-state index is -3.09. The summed E-state index contributed by atoms with van der Waals surface area (Å²) in [5.74, 6) is 0. The van der Waals surface area contributed by atoms with Gasteiger partial charge in [-0.15, -0.1) is 0 Å². The van der Waals surface area contributed by atoms with Crippen LogP contribution in [0.2, 0.25) is 0 Å². The molecular weight excluding hydrogens is 224 g/mol. The summed E-state index contributed by atoms with van der Waals surface area (Å²) in [4.78, 5) is 0. The van der Waals surface area contributed by atoms with Crippen LogP contribution in [0, 0.1) is 13.8 Å². The number of rotatable bonds is 5. The summed E-state index contributed by atoms with van der Waals surface area (Å²) in [6, 6.07) is 6.02. The SMILES string of the molecule is Cc1cccc(NCCNS(C)(=O)=O)c1C.